The van der Waals surface area contributed by atoms with Crippen LogP contribution in [-0.4, -0.2) is 36.1 Å². The molecule has 2 aromatic rings. The van der Waals surface area contributed by atoms with Crippen LogP contribution in [0.1, 0.15) is 37.3 Å². The average molecular weight is 356 g/mol. The Balaban J connectivity index is 0.000000960. The fourth-order valence-electron chi connectivity index (χ4n) is 4.35. The van der Waals surface area contributed by atoms with Crippen LogP contribution >= 0.6 is 24.8 Å². The van der Waals surface area contributed by atoms with Gasteiger partial charge in [0.25, 0.3) is 0 Å². The summed E-state index contributed by atoms with van der Waals surface area (Å²) < 4.78 is 0. The first-order valence-corrected chi connectivity index (χ1v) is 8.44. The molecule has 128 valence electrons. The first-order chi connectivity index (χ1) is 10.4. The number of H-pyrrole nitrogens is 1. The molecule has 0 unspecified atom stereocenters. The molecule has 1 aliphatic heterocycles. The van der Waals surface area contributed by atoms with E-state index in [1.54, 1.807) is 5.56 Å². The summed E-state index contributed by atoms with van der Waals surface area (Å²) in [7, 11) is 0. The second-order valence-electron chi connectivity index (χ2n) is 6.56. The molecule has 3 nitrogen and oxygen atoms in total. The highest BCUT2D eigenvalue weighted by atomic mass is 35.5. The number of fused-ring (bicyclic) bond motifs is 1. The number of hydrogen-bond acceptors (Lipinski definition) is 2. The van der Waals surface area contributed by atoms with Gasteiger partial charge in [-0.05, 0) is 36.5 Å². The molecule has 2 heterocycles. The molecule has 0 spiro atoms. The van der Waals surface area contributed by atoms with Crippen molar-refractivity contribution in [2.75, 3.05) is 26.2 Å². The third-order valence-electron chi connectivity index (χ3n) is 5.34. The molecule has 1 aromatic carbocycles. The summed E-state index contributed by atoms with van der Waals surface area (Å²) in [5, 5.41) is 4.92. The zero-order valence-electron chi connectivity index (χ0n) is 13.5. The molecule has 0 bridgehead atoms. The molecule has 5 heteroatoms. The molecule has 2 fully saturated rings. The van der Waals surface area contributed by atoms with E-state index in [2.05, 4.69) is 45.7 Å². The number of nitrogens with zero attached hydrogens (tertiary/aromatic N) is 1. The molecular weight excluding hydrogens is 329 g/mol. The second-order valence-corrected chi connectivity index (χ2v) is 6.56. The molecule has 0 amide bonds. The van der Waals surface area contributed by atoms with E-state index in [1.807, 2.05) is 0 Å². The summed E-state index contributed by atoms with van der Waals surface area (Å²) in [6.45, 7) is 4.63. The third-order valence-corrected chi connectivity index (χ3v) is 5.34. The van der Waals surface area contributed by atoms with Crippen molar-refractivity contribution in [3.63, 3.8) is 0 Å². The van der Waals surface area contributed by atoms with Crippen LogP contribution in [0.2, 0.25) is 0 Å². The van der Waals surface area contributed by atoms with E-state index in [1.165, 1.54) is 49.7 Å². The lowest BCUT2D eigenvalue weighted by molar-refractivity contribution is 0.126. The number of hydrogen-bond donors (Lipinski definition) is 2. The van der Waals surface area contributed by atoms with Crippen molar-refractivity contribution in [3.05, 3.63) is 36.0 Å². The van der Waals surface area contributed by atoms with E-state index in [4.69, 9.17) is 0 Å². The minimum Gasteiger partial charge on any atom is -0.361 e. The molecule has 0 radical (unpaired) electrons. The number of piperazine rings is 1. The Kier molecular flexibility index (Phi) is 6.78. The van der Waals surface area contributed by atoms with Crippen molar-refractivity contribution in [2.24, 2.45) is 5.92 Å². The molecule has 1 saturated heterocycles. The van der Waals surface area contributed by atoms with E-state index in [-0.39, 0.29) is 24.8 Å². The molecule has 2 N–H and O–H groups in total. The Morgan fingerprint density at radius 1 is 1.00 bits per heavy atom. The summed E-state index contributed by atoms with van der Waals surface area (Å²) in [5.74, 6) is 0.837. The number of halogens is 2. The van der Waals surface area contributed by atoms with Gasteiger partial charge in [0.15, 0.2) is 0 Å². The van der Waals surface area contributed by atoms with Crippen LogP contribution in [0, 0.1) is 5.92 Å². The zero-order valence-corrected chi connectivity index (χ0v) is 15.1. The smallest absolute Gasteiger partial charge is 0.0457 e. The molecule has 23 heavy (non-hydrogen) atoms. The van der Waals surface area contributed by atoms with Crippen LogP contribution in [-0.2, 0) is 0 Å². The fourth-order valence-corrected chi connectivity index (χ4v) is 4.35. The van der Waals surface area contributed by atoms with E-state index in [0.717, 1.165) is 19.0 Å². The van der Waals surface area contributed by atoms with E-state index < -0.39 is 0 Å². The predicted octanol–water partition coefficient (Wildman–Crippen LogP) is 4.15. The Morgan fingerprint density at radius 2 is 1.74 bits per heavy atom. The van der Waals surface area contributed by atoms with Crippen LogP contribution in [0.25, 0.3) is 10.9 Å². The highest BCUT2D eigenvalue weighted by molar-refractivity contribution is 5.85. The van der Waals surface area contributed by atoms with Crippen molar-refractivity contribution in [3.8, 4) is 0 Å². The van der Waals surface area contributed by atoms with Crippen molar-refractivity contribution < 1.29 is 0 Å². The van der Waals surface area contributed by atoms with Crippen molar-refractivity contribution in [1.29, 1.82) is 0 Å². The van der Waals surface area contributed by atoms with Gasteiger partial charge in [0.1, 0.15) is 0 Å². The van der Waals surface area contributed by atoms with Gasteiger partial charge in [-0.1, -0.05) is 25.0 Å². The summed E-state index contributed by atoms with van der Waals surface area (Å²) in [6.07, 6.45) is 7.70. The van der Waals surface area contributed by atoms with Gasteiger partial charge in [-0.15, -0.1) is 24.8 Å². The lowest BCUT2D eigenvalue weighted by Gasteiger charge is -2.39. The first-order valence-electron chi connectivity index (χ1n) is 8.44. The summed E-state index contributed by atoms with van der Waals surface area (Å²) in [6, 6.07) is 9.64. The normalized spacial score (nSPS) is 20.9. The monoisotopic (exact) mass is 355 g/mol. The Labute approximate surface area is 151 Å². The van der Waals surface area contributed by atoms with Crippen LogP contribution < -0.4 is 5.32 Å². The first kappa shape index (κ1) is 18.6. The third kappa shape index (κ3) is 3.69. The maximum Gasteiger partial charge on any atom is 0.0457 e. The molecule has 1 atom stereocenters. The molecule has 1 saturated carbocycles. The van der Waals surface area contributed by atoms with Crippen LogP contribution in [0.15, 0.2) is 30.5 Å². The number of rotatable bonds is 3. The molecule has 1 aliphatic carbocycles. The van der Waals surface area contributed by atoms with Crippen molar-refractivity contribution >= 4 is 35.7 Å². The number of aromatic amines is 1. The average Bonchev–Trinajstić information content (AvgIpc) is 3.20. The van der Waals surface area contributed by atoms with E-state index in [0.29, 0.717) is 6.04 Å². The Morgan fingerprint density at radius 3 is 2.48 bits per heavy atom. The van der Waals surface area contributed by atoms with E-state index in [9.17, 15) is 0 Å². The molecular formula is C18H27Cl2N3. The van der Waals surface area contributed by atoms with Gasteiger partial charge in [0.05, 0.1) is 0 Å². The van der Waals surface area contributed by atoms with Gasteiger partial charge in [-0.25, -0.2) is 0 Å². The SMILES string of the molecule is Cl.Cl.c1cc([C@@H](C2CCCC2)N2CCNCC2)c2cc[nH]c2c1. The minimum atomic E-state index is 0. The van der Waals surface area contributed by atoms with Crippen LogP contribution in [0.4, 0.5) is 0 Å². The van der Waals surface area contributed by atoms with Gasteiger partial charge in [-0.2, -0.15) is 0 Å². The summed E-state index contributed by atoms with van der Waals surface area (Å²) in [4.78, 5) is 6.11. The Bertz CT molecular complexity index is 601. The topological polar surface area (TPSA) is 31.1 Å². The zero-order chi connectivity index (χ0) is 14.1. The largest absolute Gasteiger partial charge is 0.361 e. The predicted molar refractivity (Wildman–Crippen MR) is 102 cm³/mol. The van der Waals surface area contributed by atoms with Crippen LogP contribution in [0.5, 0.6) is 0 Å². The lowest BCUT2D eigenvalue weighted by Crippen LogP contribution is -2.46. The fraction of sp³-hybridized carbons (Fsp3) is 0.556. The van der Waals surface area contributed by atoms with Crippen molar-refractivity contribution in [2.45, 2.75) is 31.7 Å². The summed E-state index contributed by atoms with van der Waals surface area (Å²) >= 11 is 0. The summed E-state index contributed by atoms with van der Waals surface area (Å²) in [5.41, 5.74) is 2.83. The van der Waals surface area contributed by atoms with E-state index >= 15 is 0 Å². The Hall–Kier alpha value is -0.740. The van der Waals surface area contributed by atoms with Crippen LogP contribution in [0.3, 0.4) is 0 Å². The van der Waals surface area contributed by atoms with Gasteiger partial charge in [0.2, 0.25) is 0 Å². The highest BCUT2D eigenvalue weighted by Gasteiger charge is 2.32. The van der Waals surface area contributed by atoms with Gasteiger partial charge < -0.3 is 10.3 Å². The number of nitrogens with one attached hydrogen (secondary N) is 2. The molecule has 4 rings (SSSR count). The van der Waals surface area contributed by atoms with Gasteiger partial charge >= 0.3 is 0 Å². The highest BCUT2D eigenvalue weighted by Crippen LogP contribution is 2.41. The van der Waals surface area contributed by atoms with Crippen molar-refractivity contribution in [1.82, 2.24) is 15.2 Å². The molecule has 1 aromatic heterocycles. The maximum atomic E-state index is 3.50. The minimum absolute atomic E-state index is 0. The maximum absolute atomic E-state index is 3.50. The quantitative estimate of drug-likeness (QED) is 0.866. The molecule has 2 aliphatic rings. The standard InChI is InChI=1S/C18H25N3.2ClH/c1-2-5-14(4-1)18(21-12-10-19-11-13-21)16-6-3-7-17-15(16)8-9-20-17;;/h3,6-9,14,18-20H,1-2,4-5,10-13H2;2*1H/t18-;;/m1../s1. The number of aromatic nitrogens is 1. The second kappa shape index (κ2) is 8.39. The van der Waals surface area contributed by atoms with Gasteiger partial charge in [0, 0.05) is 49.3 Å². The number of benzene rings is 1. The van der Waals surface area contributed by atoms with Gasteiger partial charge in [-0.3, -0.25) is 4.90 Å². The lowest BCUT2D eigenvalue weighted by atomic mass is 9.88.